The van der Waals surface area contributed by atoms with Crippen molar-refractivity contribution in [2.75, 3.05) is 13.9 Å². The minimum absolute atomic E-state index is 0.120. The van der Waals surface area contributed by atoms with Crippen molar-refractivity contribution in [2.24, 2.45) is 22.7 Å². The van der Waals surface area contributed by atoms with Gasteiger partial charge in [-0.2, -0.15) is 0 Å². The zero-order chi connectivity index (χ0) is 20.3. The highest BCUT2D eigenvalue weighted by Crippen LogP contribution is 2.66. The van der Waals surface area contributed by atoms with E-state index in [-0.39, 0.29) is 23.2 Å². The van der Waals surface area contributed by atoms with Crippen molar-refractivity contribution in [1.82, 2.24) is 0 Å². The van der Waals surface area contributed by atoms with E-state index in [4.69, 9.17) is 14.2 Å². The van der Waals surface area contributed by atoms with Crippen LogP contribution in [0.1, 0.15) is 58.9 Å². The Morgan fingerprint density at radius 1 is 1.18 bits per heavy atom. The summed E-state index contributed by atoms with van der Waals surface area (Å²) in [6, 6.07) is 4.28. The number of hydrogen-bond donors (Lipinski definition) is 0. The van der Waals surface area contributed by atoms with Crippen LogP contribution >= 0.6 is 31.9 Å². The maximum absolute atomic E-state index is 6.78. The topological polar surface area (TPSA) is 27.7 Å². The Bertz CT molecular complexity index is 764. The molecule has 1 aromatic rings. The van der Waals surface area contributed by atoms with Gasteiger partial charge in [-0.15, -0.1) is 0 Å². The van der Waals surface area contributed by atoms with E-state index < -0.39 is 0 Å². The number of rotatable bonds is 3. The Morgan fingerprint density at radius 2 is 1.93 bits per heavy atom. The SMILES string of the molecule is COCOc1cc2c(cc1Br)O[C@]1(C)CC[C@H]3C(C)(C)[C@@H](Br)CC[C@]3(C2)[C@@H]1C. The zero-order valence-electron chi connectivity index (χ0n) is 17.6. The van der Waals surface area contributed by atoms with E-state index in [2.05, 4.69) is 71.7 Å². The maximum atomic E-state index is 6.78. The molecule has 5 atom stereocenters. The van der Waals surface area contributed by atoms with Crippen LogP contribution in [0.5, 0.6) is 11.5 Å². The van der Waals surface area contributed by atoms with E-state index in [1.165, 1.54) is 24.8 Å². The minimum atomic E-state index is -0.120. The second kappa shape index (κ2) is 7.16. The molecule has 3 aliphatic rings. The lowest BCUT2D eigenvalue weighted by Crippen LogP contribution is -2.61. The van der Waals surface area contributed by atoms with Gasteiger partial charge in [-0.25, -0.2) is 0 Å². The predicted molar refractivity (Wildman–Crippen MR) is 119 cm³/mol. The minimum Gasteiger partial charge on any atom is -0.487 e. The number of hydrogen-bond acceptors (Lipinski definition) is 3. The molecule has 0 saturated heterocycles. The largest absolute Gasteiger partial charge is 0.487 e. The lowest BCUT2D eigenvalue weighted by atomic mass is 9.44. The van der Waals surface area contributed by atoms with Crippen molar-refractivity contribution in [3.63, 3.8) is 0 Å². The van der Waals surface area contributed by atoms with Gasteiger partial charge in [0.2, 0.25) is 0 Å². The maximum Gasteiger partial charge on any atom is 0.188 e. The molecule has 28 heavy (non-hydrogen) atoms. The molecule has 0 aromatic heterocycles. The van der Waals surface area contributed by atoms with Gasteiger partial charge in [0.05, 0.1) is 4.47 Å². The summed E-state index contributed by atoms with van der Waals surface area (Å²) in [7, 11) is 1.65. The quantitative estimate of drug-likeness (QED) is 0.329. The number of methoxy groups -OCH3 is 1. The molecule has 0 N–H and O–H groups in total. The third-order valence-electron chi connectivity index (χ3n) is 8.28. The van der Waals surface area contributed by atoms with Crippen LogP contribution in [0.3, 0.4) is 0 Å². The Morgan fingerprint density at radius 3 is 2.64 bits per heavy atom. The Kier molecular flexibility index (Phi) is 5.37. The number of ether oxygens (including phenoxy) is 3. The second-order valence-electron chi connectivity index (χ2n) is 9.91. The van der Waals surface area contributed by atoms with Crippen molar-refractivity contribution in [3.8, 4) is 11.5 Å². The van der Waals surface area contributed by atoms with Crippen LogP contribution in [0.4, 0.5) is 0 Å². The van der Waals surface area contributed by atoms with Gasteiger partial charge in [0.15, 0.2) is 6.79 Å². The van der Waals surface area contributed by atoms with Crippen LogP contribution in [0.15, 0.2) is 16.6 Å². The highest BCUT2D eigenvalue weighted by molar-refractivity contribution is 9.10. The normalized spacial score (nSPS) is 38.6. The molecule has 1 aliphatic heterocycles. The molecule has 2 bridgehead atoms. The summed E-state index contributed by atoms with van der Waals surface area (Å²) in [5.41, 5.74) is 1.70. The van der Waals surface area contributed by atoms with Crippen molar-refractivity contribution in [3.05, 3.63) is 22.2 Å². The summed E-state index contributed by atoms with van der Waals surface area (Å²) in [6.07, 6.45) is 5.88. The molecule has 0 unspecified atom stereocenters. The Hall–Kier alpha value is -0.260. The fourth-order valence-corrected chi connectivity index (χ4v) is 7.47. The first kappa shape index (κ1) is 21.0. The summed E-state index contributed by atoms with van der Waals surface area (Å²) in [6.45, 7) is 9.96. The third kappa shape index (κ3) is 3.06. The van der Waals surface area contributed by atoms with E-state index in [0.29, 0.717) is 16.7 Å². The van der Waals surface area contributed by atoms with Gasteiger partial charge in [-0.3, -0.25) is 0 Å². The molecule has 1 aromatic carbocycles. The summed E-state index contributed by atoms with van der Waals surface area (Å²) in [4.78, 5) is 0.585. The zero-order valence-corrected chi connectivity index (χ0v) is 20.8. The van der Waals surface area contributed by atoms with Crippen LogP contribution in [-0.2, 0) is 11.2 Å². The van der Waals surface area contributed by atoms with Gasteiger partial charge in [0, 0.05) is 17.9 Å². The van der Waals surface area contributed by atoms with Gasteiger partial charge >= 0.3 is 0 Å². The molecule has 156 valence electrons. The smallest absolute Gasteiger partial charge is 0.188 e. The number of alkyl halides is 1. The highest BCUT2D eigenvalue weighted by atomic mass is 79.9. The summed E-state index contributed by atoms with van der Waals surface area (Å²) < 4.78 is 18.6. The molecule has 2 aliphatic carbocycles. The fraction of sp³-hybridized carbons (Fsp3) is 0.739. The Labute approximate surface area is 186 Å². The van der Waals surface area contributed by atoms with Gasteiger partial charge in [0.1, 0.15) is 17.1 Å². The summed E-state index contributed by atoms with van der Waals surface area (Å²) >= 11 is 7.68. The van der Waals surface area contributed by atoms with Gasteiger partial charge in [-0.1, -0.05) is 36.7 Å². The number of benzene rings is 1. The summed E-state index contributed by atoms with van der Waals surface area (Å²) in [5, 5.41) is 0. The molecule has 1 spiro atoms. The highest BCUT2D eigenvalue weighted by Gasteiger charge is 2.62. The van der Waals surface area contributed by atoms with E-state index in [1.54, 1.807) is 7.11 Å². The molecule has 5 heteroatoms. The first-order chi connectivity index (χ1) is 13.1. The van der Waals surface area contributed by atoms with Gasteiger partial charge in [-0.05, 0) is 89.4 Å². The molecule has 2 saturated carbocycles. The molecule has 0 amide bonds. The fourth-order valence-electron chi connectivity index (χ4n) is 6.49. The van der Waals surface area contributed by atoms with E-state index in [9.17, 15) is 0 Å². The molecule has 1 heterocycles. The molecular weight excluding hydrogens is 484 g/mol. The average Bonchev–Trinajstić information content (AvgIpc) is 2.68. The molecular formula is C23H32Br2O3. The van der Waals surface area contributed by atoms with E-state index >= 15 is 0 Å². The van der Waals surface area contributed by atoms with Gasteiger partial charge in [0.25, 0.3) is 0 Å². The van der Waals surface area contributed by atoms with Crippen molar-refractivity contribution in [1.29, 1.82) is 0 Å². The Balaban J connectivity index is 1.82. The third-order valence-corrected chi connectivity index (χ3v) is 10.5. The van der Waals surface area contributed by atoms with Gasteiger partial charge < -0.3 is 14.2 Å². The van der Waals surface area contributed by atoms with Crippen LogP contribution in [-0.4, -0.2) is 24.3 Å². The van der Waals surface area contributed by atoms with Crippen molar-refractivity contribution in [2.45, 2.75) is 70.2 Å². The van der Waals surface area contributed by atoms with Crippen LogP contribution in [0, 0.1) is 22.7 Å². The summed E-state index contributed by atoms with van der Waals surface area (Å²) in [5.74, 6) is 3.04. The molecule has 0 radical (unpaired) electrons. The van der Waals surface area contributed by atoms with Crippen molar-refractivity contribution < 1.29 is 14.2 Å². The predicted octanol–water partition coefficient (Wildman–Crippen LogP) is 6.74. The van der Waals surface area contributed by atoms with Crippen LogP contribution < -0.4 is 9.47 Å². The lowest BCUT2D eigenvalue weighted by molar-refractivity contribution is -0.147. The lowest BCUT2D eigenvalue weighted by Gasteiger charge is -2.62. The number of halogens is 2. The molecule has 4 rings (SSSR count). The average molecular weight is 516 g/mol. The molecule has 2 fully saturated rings. The molecule has 3 nitrogen and oxygen atoms in total. The van der Waals surface area contributed by atoms with Crippen LogP contribution in [0.25, 0.3) is 0 Å². The number of fused-ring (bicyclic) bond motifs is 2. The van der Waals surface area contributed by atoms with E-state index in [1.807, 2.05) is 0 Å². The first-order valence-corrected chi connectivity index (χ1v) is 12.1. The van der Waals surface area contributed by atoms with Crippen molar-refractivity contribution >= 4 is 31.9 Å². The first-order valence-electron chi connectivity index (χ1n) is 10.4. The van der Waals surface area contributed by atoms with E-state index in [0.717, 1.165) is 28.8 Å². The standard InChI is InChI=1S/C23H32Br2O3/c1-14-22(4)8-6-19-21(2,3)20(25)7-9-23(14,19)12-15-10-18(27-13-26-5)16(24)11-17(15)28-22/h10-11,14,19-20H,6-9,12-13H2,1-5H3/t14-,19+,20+,22-,23+/m1/s1. The monoisotopic (exact) mass is 514 g/mol. The second-order valence-corrected chi connectivity index (χ2v) is 11.9. The van der Waals surface area contributed by atoms with Crippen LogP contribution in [0.2, 0.25) is 0 Å².